The number of piperidine rings is 1. The van der Waals surface area contributed by atoms with Crippen molar-refractivity contribution in [3.63, 3.8) is 0 Å². The fourth-order valence-electron chi connectivity index (χ4n) is 3.88. The summed E-state index contributed by atoms with van der Waals surface area (Å²) in [5.41, 5.74) is 0. The first-order valence-electron chi connectivity index (χ1n) is 9.90. The predicted octanol–water partition coefficient (Wildman–Crippen LogP) is 1.19. The zero-order chi connectivity index (χ0) is 18.9. The normalized spacial score (nSPS) is 21.7. The summed E-state index contributed by atoms with van der Waals surface area (Å²) in [5.74, 6) is 1.53. The number of methoxy groups -OCH3 is 1. The molecule has 0 aromatic rings. The van der Waals surface area contributed by atoms with Crippen LogP contribution in [0.4, 0.5) is 0 Å². The quantitative estimate of drug-likeness (QED) is 0.432. The summed E-state index contributed by atoms with van der Waals surface area (Å²) >= 11 is 0. The average Bonchev–Trinajstić information content (AvgIpc) is 2.67. The van der Waals surface area contributed by atoms with Gasteiger partial charge in [0.1, 0.15) is 0 Å². The molecule has 26 heavy (non-hydrogen) atoms. The van der Waals surface area contributed by atoms with Crippen molar-refractivity contribution in [2.24, 2.45) is 16.8 Å². The number of morpholine rings is 1. The Morgan fingerprint density at radius 2 is 1.88 bits per heavy atom. The molecule has 1 N–H and O–H groups in total. The highest BCUT2D eigenvalue weighted by Crippen LogP contribution is 2.19. The second kappa shape index (κ2) is 10.7. The molecule has 0 aromatic heterocycles. The maximum atomic E-state index is 11.7. The maximum Gasteiger partial charge on any atom is 0.308 e. The molecule has 7 heteroatoms. The Hall–Kier alpha value is -1.34. The van der Waals surface area contributed by atoms with Gasteiger partial charge in [0, 0.05) is 45.8 Å². The number of carbonyl (C=O) groups is 1. The van der Waals surface area contributed by atoms with Gasteiger partial charge >= 0.3 is 5.97 Å². The molecule has 0 radical (unpaired) electrons. The van der Waals surface area contributed by atoms with Gasteiger partial charge in [-0.15, -0.1) is 0 Å². The summed E-state index contributed by atoms with van der Waals surface area (Å²) in [6.45, 7) is 10.8. The molecule has 2 aliphatic heterocycles. The lowest BCUT2D eigenvalue weighted by molar-refractivity contribution is -0.146. The highest BCUT2D eigenvalue weighted by molar-refractivity contribution is 5.80. The van der Waals surface area contributed by atoms with Crippen molar-refractivity contribution in [1.82, 2.24) is 15.1 Å². The number of aliphatic imine (C=N–C) groups is 1. The van der Waals surface area contributed by atoms with Gasteiger partial charge in [-0.3, -0.25) is 14.7 Å². The van der Waals surface area contributed by atoms with Crippen LogP contribution < -0.4 is 5.32 Å². The van der Waals surface area contributed by atoms with Crippen LogP contribution >= 0.6 is 0 Å². The third-order valence-electron chi connectivity index (χ3n) is 5.34. The van der Waals surface area contributed by atoms with Gasteiger partial charge in [-0.2, -0.15) is 0 Å². The number of hydrogen-bond donors (Lipinski definition) is 1. The molecule has 2 heterocycles. The molecule has 2 saturated heterocycles. The largest absolute Gasteiger partial charge is 0.469 e. The van der Waals surface area contributed by atoms with E-state index >= 15 is 0 Å². The van der Waals surface area contributed by atoms with Gasteiger partial charge in [0.25, 0.3) is 0 Å². The number of guanidine groups is 1. The minimum atomic E-state index is -0.0862. The van der Waals surface area contributed by atoms with Crippen LogP contribution in [0.3, 0.4) is 0 Å². The summed E-state index contributed by atoms with van der Waals surface area (Å²) in [6, 6.07) is 0.489. The fraction of sp³-hybridized carbons (Fsp3) is 0.895. The van der Waals surface area contributed by atoms with Crippen molar-refractivity contribution in [3.8, 4) is 0 Å². The number of nitrogens with zero attached hydrogens (tertiary/aromatic N) is 3. The summed E-state index contributed by atoms with van der Waals surface area (Å²) in [5, 5.41) is 3.58. The third-order valence-corrected chi connectivity index (χ3v) is 5.34. The number of rotatable bonds is 6. The summed E-state index contributed by atoms with van der Waals surface area (Å²) < 4.78 is 10.4. The van der Waals surface area contributed by atoms with Gasteiger partial charge in [-0.1, -0.05) is 13.8 Å². The standard InChI is InChI=1S/C19H36N4O3/c1-15(2)13-17(22-9-11-26-12-10-22)14-21-19(20-3)23-7-5-16(6-8-23)18(24)25-4/h15-17H,5-14H2,1-4H3,(H,20,21). The molecular weight excluding hydrogens is 332 g/mol. The molecule has 1 atom stereocenters. The van der Waals surface area contributed by atoms with Crippen molar-refractivity contribution in [2.45, 2.75) is 39.2 Å². The predicted molar refractivity (Wildman–Crippen MR) is 103 cm³/mol. The number of likely N-dealkylation sites (tertiary alicyclic amines) is 1. The van der Waals surface area contributed by atoms with Crippen LogP contribution in [0.2, 0.25) is 0 Å². The van der Waals surface area contributed by atoms with E-state index < -0.39 is 0 Å². The first kappa shape index (κ1) is 21.0. The minimum absolute atomic E-state index is 0.0244. The number of ether oxygens (including phenoxy) is 2. The number of hydrogen-bond acceptors (Lipinski definition) is 5. The van der Waals surface area contributed by atoms with Gasteiger partial charge in [0.15, 0.2) is 5.96 Å². The van der Waals surface area contributed by atoms with Crippen LogP contribution in [-0.2, 0) is 14.3 Å². The lowest BCUT2D eigenvalue weighted by Gasteiger charge is -2.37. The molecule has 7 nitrogen and oxygen atoms in total. The van der Waals surface area contributed by atoms with E-state index in [1.165, 1.54) is 7.11 Å². The summed E-state index contributed by atoms with van der Waals surface area (Å²) in [4.78, 5) is 21.0. The fourth-order valence-corrected chi connectivity index (χ4v) is 3.88. The van der Waals surface area contributed by atoms with E-state index in [-0.39, 0.29) is 11.9 Å². The average molecular weight is 369 g/mol. The molecule has 0 amide bonds. The second-order valence-electron chi connectivity index (χ2n) is 7.64. The SMILES string of the molecule is CN=C(NCC(CC(C)C)N1CCOCC1)N1CCC(C(=O)OC)CC1. The monoisotopic (exact) mass is 368 g/mol. The smallest absolute Gasteiger partial charge is 0.308 e. The van der Waals surface area contributed by atoms with Crippen LogP contribution in [0.25, 0.3) is 0 Å². The van der Waals surface area contributed by atoms with Crippen LogP contribution in [0.5, 0.6) is 0 Å². The van der Waals surface area contributed by atoms with E-state index in [0.717, 1.165) is 71.2 Å². The molecule has 0 aromatic carbocycles. The minimum Gasteiger partial charge on any atom is -0.469 e. The van der Waals surface area contributed by atoms with E-state index in [9.17, 15) is 4.79 Å². The van der Waals surface area contributed by atoms with Crippen molar-refractivity contribution in [2.75, 3.05) is 60.1 Å². The molecule has 0 bridgehead atoms. The van der Waals surface area contributed by atoms with E-state index in [2.05, 4.69) is 34.0 Å². The van der Waals surface area contributed by atoms with Gasteiger partial charge < -0.3 is 19.7 Å². The van der Waals surface area contributed by atoms with Crippen molar-refractivity contribution >= 4 is 11.9 Å². The summed E-state index contributed by atoms with van der Waals surface area (Å²) in [6.07, 6.45) is 2.81. The van der Waals surface area contributed by atoms with E-state index in [1.54, 1.807) is 0 Å². The topological polar surface area (TPSA) is 66.4 Å². The zero-order valence-corrected chi connectivity index (χ0v) is 16.9. The molecule has 2 aliphatic rings. The Morgan fingerprint density at radius 1 is 1.23 bits per heavy atom. The van der Waals surface area contributed by atoms with Gasteiger partial charge in [0.05, 0.1) is 26.2 Å². The van der Waals surface area contributed by atoms with Crippen LogP contribution in [0.1, 0.15) is 33.1 Å². The van der Waals surface area contributed by atoms with Crippen LogP contribution in [0, 0.1) is 11.8 Å². The Bertz CT molecular complexity index is 456. The molecule has 1 unspecified atom stereocenters. The molecule has 0 aliphatic carbocycles. The Labute approximate surface area is 158 Å². The molecule has 2 fully saturated rings. The van der Waals surface area contributed by atoms with Crippen LogP contribution in [0.15, 0.2) is 4.99 Å². The lowest BCUT2D eigenvalue weighted by atomic mass is 9.97. The Kier molecular flexibility index (Phi) is 8.65. The molecule has 2 rings (SSSR count). The van der Waals surface area contributed by atoms with Gasteiger partial charge in [-0.05, 0) is 25.2 Å². The van der Waals surface area contributed by atoms with Crippen molar-refractivity contribution in [1.29, 1.82) is 0 Å². The third kappa shape index (κ3) is 6.13. The van der Waals surface area contributed by atoms with Crippen LogP contribution in [-0.4, -0.2) is 87.9 Å². The molecule has 0 spiro atoms. The van der Waals surface area contributed by atoms with Crippen molar-refractivity contribution < 1.29 is 14.3 Å². The number of carbonyl (C=O) groups excluding carboxylic acids is 1. The molecular formula is C19H36N4O3. The van der Waals surface area contributed by atoms with Gasteiger partial charge in [-0.25, -0.2) is 0 Å². The first-order valence-corrected chi connectivity index (χ1v) is 9.90. The highest BCUT2D eigenvalue weighted by Gasteiger charge is 2.28. The van der Waals surface area contributed by atoms with E-state index in [4.69, 9.17) is 9.47 Å². The maximum absolute atomic E-state index is 11.7. The van der Waals surface area contributed by atoms with Gasteiger partial charge in [0.2, 0.25) is 0 Å². The summed E-state index contributed by atoms with van der Waals surface area (Å²) in [7, 11) is 3.30. The Morgan fingerprint density at radius 3 is 2.42 bits per heavy atom. The molecule has 0 saturated carbocycles. The lowest BCUT2D eigenvalue weighted by Crippen LogP contribution is -2.53. The van der Waals surface area contributed by atoms with E-state index in [1.807, 2.05) is 7.05 Å². The van der Waals surface area contributed by atoms with E-state index in [0.29, 0.717) is 12.0 Å². The highest BCUT2D eigenvalue weighted by atomic mass is 16.5. The Balaban J connectivity index is 1.86. The second-order valence-corrected chi connectivity index (χ2v) is 7.64. The molecule has 150 valence electrons. The number of nitrogens with one attached hydrogen (secondary N) is 1. The van der Waals surface area contributed by atoms with Crippen molar-refractivity contribution in [3.05, 3.63) is 0 Å². The zero-order valence-electron chi connectivity index (χ0n) is 16.9. The first-order chi connectivity index (χ1) is 12.5. The number of esters is 1.